The zero-order valence-corrected chi connectivity index (χ0v) is 8.25. The first-order valence-corrected chi connectivity index (χ1v) is 5.19. The predicted molar refractivity (Wildman–Crippen MR) is 51.1 cm³/mol. The van der Waals surface area contributed by atoms with Crippen LogP contribution in [0.25, 0.3) is 0 Å². The Morgan fingerprint density at radius 1 is 1.46 bits per heavy atom. The zero-order chi connectivity index (χ0) is 9.47. The van der Waals surface area contributed by atoms with Crippen molar-refractivity contribution < 1.29 is 4.79 Å². The van der Waals surface area contributed by atoms with E-state index in [0.717, 1.165) is 38.8 Å². The van der Waals surface area contributed by atoms with Crippen molar-refractivity contribution in [3.8, 4) is 0 Å². The fraction of sp³-hybridized carbons (Fsp3) is 0.900. The molecule has 1 heterocycles. The number of carbonyl (C=O) groups is 1. The maximum absolute atomic E-state index is 12.0. The van der Waals surface area contributed by atoms with Crippen LogP contribution in [0, 0.1) is 5.41 Å². The highest BCUT2D eigenvalue weighted by molar-refractivity contribution is 5.84. The lowest BCUT2D eigenvalue weighted by Crippen LogP contribution is -2.53. The van der Waals surface area contributed by atoms with Gasteiger partial charge in [0.2, 0.25) is 5.91 Å². The molecule has 2 rings (SSSR count). The lowest BCUT2D eigenvalue weighted by Gasteiger charge is -2.39. The molecule has 2 fully saturated rings. The van der Waals surface area contributed by atoms with E-state index >= 15 is 0 Å². The van der Waals surface area contributed by atoms with Crippen molar-refractivity contribution in [1.29, 1.82) is 0 Å². The van der Waals surface area contributed by atoms with Gasteiger partial charge in [-0.15, -0.1) is 0 Å². The number of amides is 1. The molecule has 0 aromatic carbocycles. The van der Waals surface area contributed by atoms with Gasteiger partial charge in [-0.25, -0.2) is 0 Å². The largest absolute Gasteiger partial charge is 0.342 e. The van der Waals surface area contributed by atoms with E-state index in [1.807, 2.05) is 11.8 Å². The Morgan fingerprint density at radius 3 is 2.54 bits per heavy atom. The molecule has 3 nitrogen and oxygen atoms in total. The minimum Gasteiger partial charge on any atom is -0.342 e. The van der Waals surface area contributed by atoms with E-state index in [1.54, 1.807) is 0 Å². The molecule has 1 saturated heterocycles. The molecule has 1 aliphatic carbocycles. The van der Waals surface area contributed by atoms with Crippen molar-refractivity contribution in [1.82, 2.24) is 4.90 Å². The summed E-state index contributed by atoms with van der Waals surface area (Å²) in [7, 11) is 0. The van der Waals surface area contributed by atoms with Crippen LogP contribution in [0.1, 0.15) is 32.6 Å². The van der Waals surface area contributed by atoms with E-state index < -0.39 is 0 Å². The van der Waals surface area contributed by atoms with E-state index in [9.17, 15) is 4.79 Å². The molecule has 0 radical (unpaired) electrons. The number of hydrogen-bond donors (Lipinski definition) is 1. The molecular weight excluding hydrogens is 164 g/mol. The van der Waals surface area contributed by atoms with Crippen molar-refractivity contribution in [3.05, 3.63) is 0 Å². The van der Waals surface area contributed by atoms with Crippen LogP contribution >= 0.6 is 0 Å². The van der Waals surface area contributed by atoms with Crippen molar-refractivity contribution in [2.75, 3.05) is 13.1 Å². The molecule has 0 bridgehead atoms. The Hall–Kier alpha value is -0.570. The van der Waals surface area contributed by atoms with Crippen LogP contribution in [-0.2, 0) is 4.79 Å². The molecule has 2 unspecified atom stereocenters. The Labute approximate surface area is 79.3 Å². The Bertz CT molecular complexity index is 225. The summed E-state index contributed by atoms with van der Waals surface area (Å²) in [5, 5.41) is 0. The summed E-state index contributed by atoms with van der Waals surface area (Å²) >= 11 is 0. The molecule has 0 aromatic rings. The average Bonchev–Trinajstić information content (AvgIpc) is 2.30. The Balaban J connectivity index is 2.08. The topological polar surface area (TPSA) is 46.3 Å². The fourth-order valence-corrected chi connectivity index (χ4v) is 2.34. The number of nitrogens with zero attached hydrogens (tertiary/aromatic N) is 1. The van der Waals surface area contributed by atoms with E-state index in [1.165, 1.54) is 0 Å². The maximum Gasteiger partial charge on any atom is 0.230 e. The molecular formula is C10H18N2O. The third kappa shape index (κ3) is 1.26. The minimum atomic E-state index is -0.250. The number of rotatable bonds is 1. The van der Waals surface area contributed by atoms with Crippen molar-refractivity contribution in [3.63, 3.8) is 0 Å². The van der Waals surface area contributed by atoms with Gasteiger partial charge < -0.3 is 10.6 Å². The second-order valence-electron chi connectivity index (χ2n) is 4.56. The first-order chi connectivity index (χ1) is 6.14. The summed E-state index contributed by atoms with van der Waals surface area (Å²) in [6, 6.07) is 0.0839. The van der Waals surface area contributed by atoms with Crippen LogP contribution in [0.4, 0.5) is 0 Å². The molecule has 1 amide bonds. The fourth-order valence-electron chi connectivity index (χ4n) is 2.34. The SMILES string of the molecule is CC1(C(=O)N2CCC2)CCCC1N. The first-order valence-electron chi connectivity index (χ1n) is 5.19. The average molecular weight is 182 g/mol. The van der Waals surface area contributed by atoms with Gasteiger partial charge in [0, 0.05) is 19.1 Å². The van der Waals surface area contributed by atoms with Crippen LogP contribution in [0.5, 0.6) is 0 Å². The van der Waals surface area contributed by atoms with Crippen LogP contribution in [0.15, 0.2) is 0 Å². The normalized spacial score (nSPS) is 38.9. The van der Waals surface area contributed by atoms with Crippen LogP contribution in [0.2, 0.25) is 0 Å². The van der Waals surface area contributed by atoms with Gasteiger partial charge in [-0.2, -0.15) is 0 Å². The summed E-state index contributed by atoms with van der Waals surface area (Å²) in [5.74, 6) is 0.295. The van der Waals surface area contributed by atoms with Crippen molar-refractivity contribution >= 4 is 5.91 Å². The van der Waals surface area contributed by atoms with Gasteiger partial charge in [-0.1, -0.05) is 6.42 Å². The number of likely N-dealkylation sites (tertiary alicyclic amines) is 1. The van der Waals surface area contributed by atoms with Gasteiger partial charge in [0.05, 0.1) is 5.41 Å². The van der Waals surface area contributed by atoms with Gasteiger partial charge in [-0.05, 0) is 26.2 Å². The Kier molecular flexibility index (Phi) is 2.06. The lowest BCUT2D eigenvalue weighted by molar-refractivity contribution is -0.145. The monoisotopic (exact) mass is 182 g/mol. The molecule has 2 N–H and O–H groups in total. The van der Waals surface area contributed by atoms with E-state index in [4.69, 9.17) is 5.73 Å². The molecule has 1 aliphatic heterocycles. The highest BCUT2D eigenvalue weighted by Gasteiger charge is 2.45. The van der Waals surface area contributed by atoms with Crippen molar-refractivity contribution in [2.24, 2.45) is 11.1 Å². The van der Waals surface area contributed by atoms with Crippen LogP contribution < -0.4 is 5.73 Å². The molecule has 0 spiro atoms. The van der Waals surface area contributed by atoms with E-state index in [0.29, 0.717) is 5.91 Å². The zero-order valence-electron chi connectivity index (χ0n) is 8.25. The summed E-state index contributed by atoms with van der Waals surface area (Å²) < 4.78 is 0. The van der Waals surface area contributed by atoms with Crippen LogP contribution in [-0.4, -0.2) is 29.9 Å². The third-order valence-electron chi connectivity index (χ3n) is 3.66. The molecule has 13 heavy (non-hydrogen) atoms. The standard InChI is InChI=1S/C10H18N2O/c1-10(5-2-4-8(10)11)9(13)12-6-3-7-12/h8H,2-7,11H2,1H3. The smallest absolute Gasteiger partial charge is 0.230 e. The molecule has 1 saturated carbocycles. The summed E-state index contributed by atoms with van der Waals surface area (Å²) in [4.78, 5) is 14.0. The van der Waals surface area contributed by atoms with Crippen LogP contribution in [0.3, 0.4) is 0 Å². The summed E-state index contributed by atoms with van der Waals surface area (Å²) in [6.07, 6.45) is 4.26. The van der Waals surface area contributed by atoms with Gasteiger partial charge in [0.1, 0.15) is 0 Å². The molecule has 74 valence electrons. The molecule has 2 atom stereocenters. The molecule has 2 aliphatic rings. The number of nitrogens with two attached hydrogens (primary N) is 1. The summed E-state index contributed by atoms with van der Waals surface area (Å²) in [5.41, 5.74) is 5.73. The van der Waals surface area contributed by atoms with E-state index in [-0.39, 0.29) is 11.5 Å². The number of hydrogen-bond acceptors (Lipinski definition) is 2. The van der Waals surface area contributed by atoms with Crippen molar-refractivity contribution in [2.45, 2.75) is 38.6 Å². The van der Waals surface area contributed by atoms with Gasteiger partial charge in [0.25, 0.3) is 0 Å². The van der Waals surface area contributed by atoms with Gasteiger partial charge in [-0.3, -0.25) is 4.79 Å². The molecule has 3 heteroatoms. The Morgan fingerprint density at radius 2 is 2.15 bits per heavy atom. The highest BCUT2D eigenvalue weighted by Crippen LogP contribution is 2.39. The molecule has 0 aromatic heterocycles. The highest BCUT2D eigenvalue weighted by atomic mass is 16.2. The van der Waals surface area contributed by atoms with E-state index in [2.05, 4.69) is 0 Å². The van der Waals surface area contributed by atoms with Gasteiger partial charge >= 0.3 is 0 Å². The minimum absolute atomic E-state index is 0.0839. The second-order valence-corrected chi connectivity index (χ2v) is 4.56. The quantitative estimate of drug-likeness (QED) is 0.650. The second kappa shape index (κ2) is 2.98. The number of carbonyl (C=O) groups excluding carboxylic acids is 1. The first kappa shape index (κ1) is 9.00. The summed E-state index contributed by atoms with van der Waals surface area (Å²) in [6.45, 7) is 3.92. The predicted octanol–water partition coefficient (Wildman–Crippen LogP) is 0.736. The third-order valence-corrected chi connectivity index (χ3v) is 3.66. The lowest BCUT2D eigenvalue weighted by atomic mass is 9.83. The van der Waals surface area contributed by atoms with Gasteiger partial charge in [0.15, 0.2) is 0 Å². The maximum atomic E-state index is 12.0.